The molecule has 142 valence electrons. The van der Waals surface area contributed by atoms with Gasteiger partial charge in [-0.2, -0.15) is 0 Å². The molecular weight excluding hydrogens is 374 g/mol. The van der Waals surface area contributed by atoms with E-state index in [1.54, 1.807) is 17.0 Å². The van der Waals surface area contributed by atoms with Gasteiger partial charge in [-0.1, -0.05) is 48.9 Å². The van der Waals surface area contributed by atoms with Gasteiger partial charge in [0.2, 0.25) is 5.91 Å². The first-order valence-corrected chi connectivity index (χ1v) is 9.70. The zero-order valence-electron chi connectivity index (χ0n) is 15.5. The Bertz CT molecular complexity index is 1050. The molecule has 1 aromatic heterocycles. The van der Waals surface area contributed by atoms with Crippen LogP contribution >= 0.6 is 11.6 Å². The van der Waals surface area contributed by atoms with Crippen LogP contribution < -0.4 is 5.32 Å². The number of carbonyl (C=O) groups is 2. The van der Waals surface area contributed by atoms with Gasteiger partial charge in [-0.3, -0.25) is 9.59 Å². The van der Waals surface area contributed by atoms with Crippen LogP contribution in [0.3, 0.4) is 0 Å². The molecule has 4 rings (SSSR count). The van der Waals surface area contributed by atoms with E-state index in [9.17, 15) is 9.59 Å². The summed E-state index contributed by atoms with van der Waals surface area (Å²) in [5, 5.41) is 4.27. The molecule has 2 aromatic carbocycles. The predicted octanol–water partition coefficient (Wildman–Crippen LogP) is 3.91. The molecule has 2 amide bonds. The number of nitrogens with one attached hydrogen (secondary N) is 1. The van der Waals surface area contributed by atoms with Crippen molar-refractivity contribution in [2.75, 3.05) is 13.1 Å². The molecule has 2 heterocycles. The first-order valence-electron chi connectivity index (χ1n) is 9.33. The summed E-state index contributed by atoms with van der Waals surface area (Å²) in [6.07, 6.45) is 0.574. The van der Waals surface area contributed by atoms with Crippen LogP contribution in [0.5, 0.6) is 0 Å². The summed E-state index contributed by atoms with van der Waals surface area (Å²) in [6.45, 7) is 2.88. The third-order valence-electron chi connectivity index (χ3n) is 5.06. The molecule has 0 spiro atoms. The van der Waals surface area contributed by atoms with E-state index in [2.05, 4.69) is 5.32 Å². The van der Waals surface area contributed by atoms with Gasteiger partial charge in [0.05, 0.1) is 16.8 Å². The largest absolute Gasteiger partial charge is 0.353 e. The zero-order valence-corrected chi connectivity index (χ0v) is 16.2. The number of pyridine rings is 1. The van der Waals surface area contributed by atoms with Gasteiger partial charge in [0.15, 0.2) is 0 Å². The summed E-state index contributed by atoms with van der Waals surface area (Å²) in [5.41, 5.74) is 2.89. The Hall–Kier alpha value is -2.92. The third kappa shape index (κ3) is 3.34. The van der Waals surface area contributed by atoms with E-state index in [1.165, 1.54) is 0 Å². The number of piperazine rings is 1. The lowest BCUT2D eigenvalue weighted by Gasteiger charge is -2.34. The summed E-state index contributed by atoms with van der Waals surface area (Å²) in [5.74, 6) is -0.242. The van der Waals surface area contributed by atoms with Crippen LogP contribution in [-0.2, 0) is 4.79 Å². The lowest BCUT2D eigenvalue weighted by atomic mass is 10.0. The van der Waals surface area contributed by atoms with E-state index in [1.807, 2.05) is 49.4 Å². The van der Waals surface area contributed by atoms with Crippen LogP contribution in [0.2, 0.25) is 5.02 Å². The lowest BCUT2D eigenvalue weighted by molar-refractivity contribution is -0.127. The number of hydrogen-bond acceptors (Lipinski definition) is 3. The summed E-state index contributed by atoms with van der Waals surface area (Å²) in [4.78, 5) is 32.1. The number of rotatable bonds is 3. The number of nitrogens with zero attached hydrogens (tertiary/aromatic N) is 2. The van der Waals surface area contributed by atoms with Crippen molar-refractivity contribution in [3.05, 3.63) is 65.2 Å². The average molecular weight is 394 g/mol. The average Bonchev–Trinajstić information content (AvgIpc) is 2.72. The molecule has 0 radical (unpaired) electrons. The van der Waals surface area contributed by atoms with Crippen LogP contribution in [0.4, 0.5) is 0 Å². The third-order valence-corrected chi connectivity index (χ3v) is 5.32. The van der Waals surface area contributed by atoms with E-state index in [0.717, 1.165) is 16.5 Å². The fourth-order valence-corrected chi connectivity index (χ4v) is 3.77. The normalized spacial score (nSPS) is 16.9. The first-order chi connectivity index (χ1) is 13.6. The Morgan fingerprint density at radius 1 is 1.21 bits per heavy atom. The molecule has 6 heteroatoms. The maximum Gasteiger partial charge on any atom is 0.255 e. The minimum atomic E-state index is -0.452. The minimum absolute atomic E-state index is 0.0987. The standard InChI is InChI=1S/C22H20ClN3O2/c1-2-20-21(27)24-11-12-26(20)22(28)17-13-19(14-7-9-15(23)10-8-14)25-18-6-4-3-5-16(17)18/h3-10,13,20H,2,11-12H2,1H3,(H,24,27). The zero-order chi connectivity index (χ0) is 19.7. The van der Waals surface area contributed by atoms with Crippen molar-refractivity contribution in [2.24, 2.45) is 0 Å². The Balaban J connectivity index is 1.84. The van der Waals surface area contributed by atoms with Gasteiger partial charge < -0.3 is 10.2 Å². The second kappa shape index (κ2) is 7.60. The van der Waals surface area contributed by atoms with Gasteiger partial charge in [0, 0.05) is 29.1 Å². The molecule has 1 fully saturated rings. The molecule has 3 aromatic rings. The van der Waals surface area contributed by atoms with Gasteiger partial charge in [0.1, 0.15) is 6.04 Å². The maximum absolute atomic E-state index is 13.5. The van der Waals surface area contributed by atoms with E-state index in [0.29, 0.717) is 35.8 Å². The van der Waals surface area contributed by atoms with Crippen LogP contribution in [0.1, 0.15) is 23.7 Å². The van der Waals surface area contributed by atoms with Gasteiger partial charge in [-0.15, -0.1) is 0 Å². The SMILES string of the molecule is CCC1C(=O)NCCN1C(=O)c1cc(-c2ccc(Cl)cc2)nc2ccccc12. The molecule has 1 aliphatic rings. The lowest BCUT2D eigenvalue weighted by Crippen LogP contribution is -2.56. The molecule has 1 unspecified atom stereocenters. The molecule has 0 aliphatic carbocycles. The topological polar surface area (TPSA) is 62.3 Å². The summed E-state index contributed by atoms with van der Waals surface area (Å²) < 4.78 is 0. The summed E-state index contributed by atoms with van der Waals surface area (Å²) in [6, 6.07) is 16.3. The smallest absolute Gasteiger partial charge is 0.255 e. The van der Waals surface area contributed by atoms with Crippen molar-refractivity contribution in [3.8, 4) is 11.3 Å². The maximum atomic E-state index is 13.5. The fraction of sp³-hybridized carbons (Fsp3) is 0.227. The molecule has 1 N–H and O–H groups in total. The van der Waals surface area contributed by atoms with Gasteiger partial charge in [0.25, 0.3) is 5.91 Å². The number of fused-ring (bicyclic) bond motifs is 1. The van der Waals surface area contributed by atoms with Crippen molar-refractivity contribution in [2.45, 2.75) is 19.4 Å². The Labute approximate surface area is 168 Å². The van der Waals surface area contributed by atoms with Crippen molar-refractivity contribution in [1.82, 2.24) is 15.2 Å². The number of aromatic nitrogens is 1. The van der Waals surface area contributed by atoms with Crippen LogP contribution in [-0.4, -0.2) is 40.8 Å². The second-order valence-corrected chi connectivity index (χ2v) is 7.23. The van der Waals surface area contributed by atoms with Crippen molar-refractivity contribution in [1.29, 1.82) is 0 Å². The highest BCUT2D eigenvalue weighted by molar-refractivity contribution is 6.30. The number of carbonyl (C=O) groups excluding carboxylic acids is 2. The van der Waals surface area contributed by atoms with E-state index in [4.69, 9.17) is 16.6 Å². The highest BCUT2D eigenvalue weighted by Gasteiger charge is 2.33. The molecule has 0 bridgehead atoms. The number of hydrogen-bond donors (Lipinski definition) is 1. The Morgan fingerprint density at radius 2 is 1.96 bits per heavy atom. The highest BCUT2D eigenvalue weighted by Crippen LogP contribution is 2.27. The van der Waals surface area contributed by atoms with Crippen molar-refractivity contribution < 1.29 is 9.59 Å². The predicted molar refractivity (Wildman–Crippen MR) is 110 cm³/mol. The molecule has 0 saturated carbocycles. The molecule has 1 aliphatic heterocycles. The van der Waals surface area contributed by atoms with Crippen LogP contribution in [0.25, 0.3) is 22.2 Å². The number of para-hydroxylation sites is 1. The van der Waals surface area contributed by atoms with E-state index in [-0.39, 0.29) is 11.8 Å². The highest BCUT2D eigenvalue weighted by atomic mass is 35.5. The molecule has 28 heavy (non-hydrogen) atoms. The quantitative estimate of drug-likeness (QED) is 0.733. The van der Waals surface area contributed by atoms with Crippen molar-refractivity contribution >= 4 is 34.3 Å². The summed E-state index contributed by atoms with van der Waals surface area (Å²) in [7, 11) is 0. The van der Waals surface area contributed by atoms with E-state index >= 15 is 0 Å². The molecular formula is C22H20ClN3O2. The number of halogens is 1. The van der Waals surface area contributed by atoms with E-state index < -0.39 is 6.04 Å². The van der Waals surface area contributed by atoms with Crippen LogP contribution in [0.15, 0.2) is 54.6 Å². The Morgan fingerprint density at radius 3 is 2.71 bits per heavy atom. The first kappa shape index (κ1) is 18.4. The molecule has 5 nitrogen and oxygen atoms in total. The van der Waals surface area contributed by atoms with Gasteiger partial charge in [-0.25, -0.2) is 4.98 Å². The van der Waals surface area contributed by atoms with Crippen molar-refractivity contribution in [3.63, 3.8) is 0 Å². The number of benzene rings is 2. The van der Waals surface area contributed by atoms with Crippen LogP contribution in [0, 0.1) is 0 Å². The minimum Gasteiger partial charge on any atom is -0.353 e. The molecule has 1 atom stereocenters. The molecule has 1 saturated heterocycles. The van der Waals surface area contributed by atoms with Gasteiger partial charge in [-0.05, 0) is 30.7 Å². The second-order valence-electron chi connectivity index (χ2n) is 6.79. The van der Waals surface area contributed by atoms with Gasteiger partial charge >= 0.3 is 0 Å². The number of amides is 2. The monoisotopic (exact) mass is 393 g/mol. The fourth-order valence-electron chi connectivity index (χ4n) is 3.64. The Kier molecular flexibility index (Phi) is 5.01. The summed E-state index contributed by atoms with van der Waals surface area (Å²) >= 11 is 6.00.